The lowest BCUT2D eigenvalue weighted by molar-refractivity contribution is 0.1000. The molecule has 1 amide bonds. The van der Waals surface area contributed by atoms with Crippen LogP contribution < -0.4 is 16.0 Å². The van der Waals surface area contributed by atoms with Crippen LogP contribution in [0.5, 0.6) is 0 Å². The standard InChI is InChI=1S/C11H14BrN3O/c1-15(7-5-14-6-7)9-4-2-3-8(12)10(9)11(13)16/h2-4,7,14H,5-6H2,1H3,(H2,13,16). The fourth-order valence-electron chi connectivity index (χ4n) is 1.79. The third-order valence-electron chi connectivity index (χ3n) is 2.93. The van der Waals surface area contributed by atoms with Gasteiger partial charge in [0.2, 0.25) is 0 Å². The number of rotatable bonds is 3. The highest BCUT2D eigenvalue weighted by Gasteiger charge is 2.25. The molecule has 1 aliphatic heterocycles. The maximum atomic E-state index is 11.4. The van der Waals surface area contributed by atoms with Gasteiger partial charge in [-0.15, -0.1) is 0 Å². The number of nitrogens with one attached hydrogen (secondary N) is 1. The van der Waals surface area contributed by atoms with E-state index in [0.29, 0.717) is 11.6 Å². The molecule has 1 fully saturated rings. The predicted octanol–water partition coefficient (Wildman–Crippen LogP) is 0.956. The Labute approximate surface area is 103 Å². The smallest absolute Gasteiger partial charge is 0.251 e. The predicted molar refractivity (Wildman–Crippen MR) is 67.7 cm³/mol. The number of amides is 1. The van der Waals surface area contributed by atoms with E-state index in [0.717, 1.165) is 23.2 Å². The number of benzene rings is 1. The largest absolute Gasteiger partial charge is 0.368 e. The van der Waals surface area contributed by atoms with Crippen LogP contribution >= 0.6 is 15.9 Å². The second kappa shape index (κ2) is 4.43. The summed E-state index contributed by atoms with van der Waals surface area (Å²) in [7, 11) is 1.99. The summed E-state index contributed by atoms with van der Waals surface area (Å²) in [6.07, 6.45) is 0. The summed E-state index contributed by atoms with van der Waals surface area (Å²) in [5.74, 6) is -0.401. The van der Waals surface area contributed by atoms with Gasteiger partial charge in [0.1, 0.15) is 0 Å². The molecular weight excluding hydrogens is 270 g/mol. The average molecular weight is 284 g/mol. The Balaban J connectivity index is 2.38. The Kier molecular flexibility index (Phi) is 3.16. The molecule has 5 heteroatoms. The Morgan fingerprint density at radius 2 is 2.25 bits per heavy atom. The van der Waals surface area contributed by atoms with Crippen molar-refractivity contribution in [2.24, 2.45) is 5.73 Å². The number of nitrogens with two attached hydrogens (primary N) is 1. The van der Waals surface area contributed by atoms with Crippen LogP contribution in [0.2, 0.25) is 0 Å². The Hall–Kier alpha value is -1.07. The number of likely N-dealkylation sites (N-methyl/N-ethyl adjacent to an activating group) is 1. The van der Waals surface area contributed by atoms with Gasteiger partial charge in [-0.2, -0.15) is 0 Å². The van der Waals surface area contributed by atoms with Gasteiger partial charge in [0.25, 0.3) is 5.91 Å². The molecule has 0 bridgehead atoms. The highest BCUT2D eigenvalue weighted by Crippen LogP contribution is 2.28. The van der Waals surface area contributed by atoms with Crippen LogP contribution in [-0.4, -0.2) is 32.1 Å². The maximum absolute atomic E-state index is 11.4. The average Bonchev–Trinajstić information content (AvgIpc) is 2.13. The van der Waals surface area contributed by atoms with Crippen molar-refractivity contribution in [3.8, 4) is 0 Å². The van der Waals surface area contributed by atoms with E-state index in [9.17, 15) is 4.79 Å². The zero-order valence-corrected chi connectivity index (χ0v) is 10.6. The molecule has 0 aromatic heterocycles. The quantitative estimate of drug-likeness (QED) is 0.869. The van der Waals surface area contributed by atoms with Crippen molar-refractivity contribution in [2.45, 2.75) is 6.04 Å². The van der Waals surface area contributed by atoms with Gasteiger partial charge in [0.15, 0.2) is 0 Å². The first-order valence-corrected chi connectivity index (χ1v) is 5.92. The second-order valence-electron chi connectivity index (χ2n) is 3.92. The third kappa shape index (κ3) is 1.92. The first-order chi connectivity index (χ1) is 7.61. The molecule has 1 aromatic carbocycles. The number of nitrogens with zero attached hydrogens (tertiary/aromatic N) is 1. The van der Waals surface area contributed by atoms with E-state index in [4.69, 9.17) is 5.73 Å². The Morgan fingerprint density at radius 3 is 2.75 bits per heavy atom. The SMILES string of the molecule is CN(c1cccc(Br)c1C(N)=O)C1CNC1. The molecule has 1 aliphatic rings. The van der Waals surface area contributed by atoms with E-state index in [2.05, 4.69) is 26.1 Å². The van der Waals surface area contributed by atoms with Gasteiger partial charge >= 0.3 is 0 Å². The number of primary amides is 1. The molecule has 16 heavy (non-hydrogen) atoms. The van der Waals surface area contributed by atoms with Crippen molar-refractivity contribution in [3.63, 3.8) is 0 Å². The van der Waals surface area contributed by atoms with Crippen LogP contribution in [0, 0.1) is 0 Å². The van der Waals surface area contributed by atoms with E-state index in [1.807, 2.05) is 25.2 Å². The van der Waals surface area contributed by atoms with Crippen molar-refractivity contribution in [1.82, 2.24) is 5.32 Å². The molecule has 0 atom stereocenters. The van der Waals surface area contributed by atoms with Gasteiger partial charge in [-0.1, -0.05) is 6.07 Å². The van der Waals surface area contributed by atoms with Crippen LogP contribution in [0.1, 0.15) is 10.4 Å². The summed E-state index contributed by atoms with van der Waals surface area (Å²) >= 11 is 3.36. The van der Waals surface area contributed by atoms with Gasteiger partial charge in [-0.3, -0.25) is 4.79 Å². The first kappa shape index (κ1) is 11.4. The van der Waals surface area contributed by atoms with Gasteiger partial charge in [0.05, 0.1) is 17.3 Å². The van der Waals surface area contributed by atoms with E-state index in [-0.39, 0.29) is 0 Å². The summed E-state index contributed by atoms with van der Waals surface area (Å²) in [6.45, 7) is 1.89. The molecule has 0 spiro atoms. The number of hydrogen-bond acceptors (Lipinski definition) is 3. The Morgan fingerprint density at radius 1 is 1.56 bits per heavy atom. The maximum Gasteiger partial charge on any atom is 0.251 e. The molecule has 2 rings (SSSR count). The van der Waals surface area contributed by atoms with Gasteiger partial charge in [-0.25, -0.2) is 0 Å². The normalized spacial score (nSPS) is 15.6. The van der Waals surface area contributed by atoms with Gasteiger partial charge in [0, 0.05) is 24.6 Å². The van der Waals surface area contributed by atoms with Crippen molar-refractivity contribution >= 4 is 27.5 Å². The van der Waals surface area contributed by atoms with Crippen molar-refractivity contribution < 1.29 is 4.79 Å². The van der Waals surface area contributed by atoms with Crippen molar-refractivity contribution in [1.29, 1.82) is 0 Å². The van der Waals surface area contributed by atoms with Crippen LogP contribution in [0.4, 0.5) is 5.69 Å². The van der Waals surface area contributed by atoms with E-state index >= 15 is 0 Å². The lowest BCUT2D eigenvalue weighted by atomic mass is 10.1. The summed E-state index contributed by atoms with van der Waals surface area (Å²) in [5, 5.41) is 3.21. The third-order valence-corrected chi connectivity index (χ3v) is 3.59. The number of hydrogen-bond donors (Lipinski definition) is 2. The molecule has 0 unspecified atom stereocenters. The van der Waals surface area contributed by atoms with E-state index < -0.39 is 5.91 Å². The summed E-state index contributed by atoms with van der Waals surface area (Å²) in [6, 6.07) is 6.10. The van der Waals surface area contributed by atoms with E-state index in [1.165, 1.54) is 0 Å². The first-order valence-electron chi connectivity index (χ1n) is 5.13. The minimum absolute atomic E-state index is 0.401. The van der Waals surface area contributed by atoms with Crippen LogP contribution in [0.15, 0.2) is 22.7 Å². The van der Waals surface area contributed by atoms with Crippen LogP contribution in [-0.2, 0) is 0 Å². The molecule has 0 aliphatic carbocycles. The second-order valence-corrected chi connectivity index (χ2v) is 4.78. The highest BCUT2D eigenvalue weighted by atomic mass is 79.9. The molecule has 0 radical (unpaired) electrons. The molecule has 1 aromatic rings. The molecule has 1 heterocycles. The lowest BCUT2D eigenvalue weighted by Crippen LogP contribution is -2.56. The summed E-state index contributed by atoms with van der Waals surface area (Å²) in [5.41, 5.74) is 6.84. The van der Waals surface area contributed by atoms with Crippen LogP contribution in [0.25, 0.3) is 0 Å². The van der Waals surface area contributed by atoms with Crippen molar-refractivity contribution in [3.05, 3.63) is 28.2 Å². The zero-order valence-electron chi connectivity index (χ0n) is 9.03. The fourth-order valence-corrected chi connectivity index (χ4v) is 2.35. The monoisotopic (exact) mass is 283 g/mol. The minimum Gasteiger partial charge on any atom is -0.368 e. The topological polar surface area (TPSA) is 58.4 Å². The Bertz CT molecular complexity index is 418. The molecule has 86 valence electrons. The number of anilines is 1. The van der Waals surface area contributed by atoms with E-state index in [1.54, 1.807) is 0 Å². The highest BCUT2D eigenvalue weighted by molar-refractivity contribution is 9.10. The molecule has 4 nitrogen and oxygen atoms in total. The van der Waals surface area contributed by atoms with Crippen LogP contribution in [0.3, 0.4) is 0 Å². The van der Waals surface area contributed by atoms with Crippen molar-refractivity contribution in [2.75, 3.05) is 25.0 Å². The lowest BCUT2D eigenvalue weighted by Gasteiger charge is -2.38. The number of carbonyl (C=O) groups excluding carboxylic acids is 1. The van der Waals surface area contributed by atoms with Gasteiger partial charge in [-0.05, 0) is 28.1 Å². The van der Waals surface area contributed by atoms with Gasteiger partial charge < -0.3 is 16.0 Å². The fraction of sp³-hybridized carbons (Fsp3) is 0.364. The number of carbonyl (C=O) groups is 1. The summed E-state index contributed by atoms with van der Waals surface area (Å²) < 4.78 is 0.747. The molecule has 1 saturated heterocycles. The molecule has 3 N–H and O–H groups in total. The summed E-state index contributed by atoms with van der Waals surface area (Å²) in [4.78, 5) is 13.5. The molecular formula is C11H14BrN3O. The molecule has 0 saturated carbocycles. The number of halogens is 1. The zero-order chi connectivity index (χ0) is 11.7. The minimum atomic E-state index is -0.401.